The minimum atomic E-state index is -0.450. The summed E-state index contributed by atoms with van der Waals surface area (Å²) in [4.78, 5) is 0. The molecule has 0 fully saturated rings. The van der Waals surface area contributed by atoms with Gasteiger partial charge in [0.15, 0.2) is 0 Å². The number of ether oxygens (including phenoxy) is 1. The highest BCUT2D eigenvalue weighted by Crippen LogP contribution is 2.28. The summed E-state index contributed by atoms with van der Waals surface area (Å²) in [6.07, 6.45) is 1.89. The number of aryl methyl sites for hydroxylation is 1. The van der Waals surface area contributed by atoms with E-state index in [0.717, 1.165) is 12.8 Å². The normalized spacial score (nSPS) is 13.6. The van der Waals surface area contributed by atoms with Crippen LogP contribution in [-0.4, -0.2) is 23.4 Å². The molecule has 1 N–H and O–H groups in total. The fourth-order valence-electron chi connectivity index (χ4n) is 2.54. The predicted octanol–water partition coefficient (Wildman–Crippen LogP) is 3.49. The lowest BCUT2D eigenvalue weighted by Crippen LogP contribution is -2.45. The largest absolute Gasteiger partial charge is 0.390 e. The summed E-state index contributed by atoms with van der Waals surface area (Å²) >= 11 is 0. The lowest BCUT2D eigenvalue weighted by molar-refractivity contribution is -0.124. The van der Waals surface area contributed by atoms with E-state index >= 15 is 0 Å². The van der Waals surface area contributed by atoms with Gasteiger partial charge in [0.25, 0.3) is 0 Å². The van der Waals surface area contributed by atoms with Crippen molar-refractivity contribution in [1.29, 1.82) is 0 Å². The maximum atomic E-state index is 10.5. The Morgan fingerprint density at radius 3 is 2.28 bits per heavy atom. The maximum absolute atomic E-state index is 10.5. The molecular weight excluding hydrogens is 224 g/mol. The summed E-state index contributed by atoms with van der Waals surface area (Å²) in [7, 11) is 0. The van der Waals surface area contributed by atoms with Crippen LogP contribution in [0.25, 0.3) is 0 Å². The van der Waals surface area contributed by atoms with Crippen LogP contribution in [0.4, 0.5) is 0 Å². The molecule has 0 saturated carbocycles. The van der Waals surface area contributed by atoms with Gasteiger partial charge in [-0.1, -0.05) is 38.1 Å². The molecule has 2 heteroatoms. The summed E-state index contributed by atoms with van der Waals surface area (Å²) in [5.74, 6) is 0. The molecule has 0 bridgehead atoms. The standard InChI is InChI=1S/C16H26O2/c1-5-16(6-2,18-7-3)15(17)12-14-11-9-8-10-13(14)4/h8-11,15,17H,5-7,12H2,1-4H3. The third-order valence-corrected chi connectivity index (χ3v) is 3.91. The molecule has 0 spiro atoms. The van der Waals surface area contributed by atoms with Gasteiger partial charge in [0.1, 0.15) is 0 Å². The highest BCUT2D eigenvalue weighted by atomic mass is 16.5. The van der Waals surface area contributed by atoms with E-state index in [4.69, 9.17) is 4.74 Å². The van der Waals surface area contributed by atoms with Crippen LogP contribution in [0.1, 0.15) is 44.7 Å². The van der Waals surface area contributed by atoms with Crippen LogP contribution in [0.2, 0.25) is 0 Å². The van der Waals surface area contributed by atoms with Gasteiger partial charge in [-0.05, 0) is 37.8 Å². The summed E-state index contributed by atoms with van der Waals surface area (Å²) in [5.41, 5.74) is 2.03. The quantitative estimate of drug-likeness (QED) is 0.802. The molecular formula is C16H26O2. The Balaban J connectivity index is 2.85. The molecule has 18 heavy (non-hydrogen) atoms. The van der Waals surface area contributed by atoms with Crippen molar-refractivity contribution in [3.05, 3.63) is 35.4 Å². The predicted molar refractivity (Wildman–Crippen MR) is 75.8 cm³/mol. The van der Waals surface area contributed by atoms with Crippen molar-refractivity contribution in [2.24, 2.45) is 0 Å². The fraction of sp³-hybridized carbons (Fsp3) is 0.625. The first-order valence-electron chi connectivity index (χ1n) is 6.96. The molecule has 0 saturated heterocycles. The summed E-state index contributed by atoms with van der Waals surface area (Å²) in [6, 6.07) is 8.22. The van der Waals surface area contributed by atoms with Crippen LogP contribution in [0.5, 0.6) is 0 Å². The van der Waals surface area contributed by atoms with Gasteiger partial charge in [-0.15, -0.1) is 0 Å². The Hall–Kier alpha value is -0.860. The van der Waals surface area contributed by atoms with Gasteiger partial charge >= 0.3 is 0 Å². The van der Waals surface area contributed by atoms with E-state index in [1.807, 2.05) is 19.1 Å². The van der Waals surface area contributed by atoms with Crippen molar-refractivity contribution in [2.75, 3.05) is 6.61 Å². The third kappa shape index (κ3) is 3.33. The average Bonchev–Trinajstić information content (AvgIpc) is 2.38. The molecule has 0 aliphatic heterocycles. The first kappa shape index (κ1) is 15.2. The lowest BCUT2D eigenvalue weighted by atomic mass is 9.85. The first-order valence-corrected chi connectivity index (χ1v) is 6.96. The molecule has 0 aliphatic rings. The van der Waals surface area contributed by atoms with E-state index in [0.29, 0.717) is 13.0 Å². The monoisotopic (exact) mass is 250 g/mol. The van der Waals surface area contributed by atoms with E-state index < -0.39 is 11.7 Å². The second-order valence-electron chi connectivity index (χ2n) is 4.85. The van der Waals surface area contributed by atoms with Crippen LogP contribution in [0.15, 0.2) is 24.3 Å². The molecule has 1 aromatic carbocycles. The molecule has 0 heterocycles. The van der Waals surface area contributed by atoms with Crippen molar-refractivity contribution in [3.8, 4) is 0 Å². The number of hydrogen-bond acceptors (Lipinski definition) is 2. The molecule has 2 nitrogen and oxygen atoms in total. The van der Waals surface area contributed by atoms with Crippen LogP contribution >= 0.6 is 0 Å². The van der Waals surface area contributed by atoms with Crippen LogP contribution in [0.3, 0.4) is 0 Å². The Kier molecular flexibility index (Phi) is 5.83. The average molecular weight is 250 g/mol. The minimum Gasteiger partial charge on any atom is -0.390 e. The molecule has 1 atom stereocenters. The SMILES string of the molecule is CCOC(CC)(CC)C(O)Cc1ccccc1C. The maximum Gasteiger partial charge on any atom is 0.0938 e. The number of aliphatic hydroxyl groups excluding tert-OH is 1. The molecule has 0 amide bonds. The number of rotatable bonds is 7. The lowest BCUT2D eigenvalue weighted by Gasteiger charge is -2.36. The second-order valence-corrected chi connectivity index (χ2v) is 4.85. The van der Waals surface area contributed by atoms with Crippen molar-refractivity contribution in [2.45, 2.75) is 58.7 Å². The first-order chi connectivity index (χ1) is 8.59. The molecule has 1 unspecified atom stereocenters. The molecule has 1 rings (SSSR count). The van der Waals surface area contributed by atoms with E-state index in [9.17, 15) is 5.11 Å². The van der Waals surface area contributed by atoms with Crippen molar-refractivity contribution in [1.82, 2.24) is 0 Å². The molecule has 0 aromatic heterocycles. The van der Waals surface area contributed by atoms with E-state index in [1.165, 1.54) is 11.1 Å². The van der Waals surface area contributed by atoms with Crippen molar-refractivity contribution < 1.29 is 9.84 Å². The van der Waals surface area contributed by atoms with E-state index in [1.54, 1.807) is 0 Å². The summed E-state index contributed by atoms with van der Waals surface area (Å²) in [5, 5.41) is 10.5. The molecule has 0 radical (unpaired) electrons. The minimum absolute atomic E-state index is 0.406. The Labute approximate surface area is 111 Å². The highest BCUT2D eigenvalue weighted by Gasteiger charge is 2.35. The van der Waals surface area contributed by atoms with Gasteiger partial charge in [0.05, 0.1) is 11.7 Å². The molecule has 0 aliphatic carbocycles. The van der Waals surface area contributed by atoms with Gasteiger partial charge in [-0.2, -0.15) is 0 Å². The van der Waals surface area contributed by atoms with Gasteiger partial charge < -0.3 is 9.84 Å². The van der Waals surface area contributed by atoms with Crippen LogP contribution in [0, 0.1) is 6.92 Å². The zero-order chi connectivity index (χ0) is 13.6. The van der Waals surface area contributed by atoms with Crippen molar-refractivity contribution in [3.63, 3.8) is 0 Å². The van der Waals surface area contributed by atoms with Gasteiger partial charge in [-0.3, -0.25) is 0 Å². The zero-order valence-corrected chi connectivity index (χ0v) is 12.1. The van der Waals surface area contributed by atoms with E-state index in [2.05, 4.69) is 32.9 Å². The molecule has 1 aromatic rings. The summed E-state index contributed by atoms with van der Waals surface area (Å²) < 4.78 is 5.85. The Morgan fingerprint density at radius 2 is 1.78 bits per heavy atom. The Morgan fingerprint density at radius 1 is 1.17 bits per heavy atom. The number of benzene rings is 1. The van der Waals surface area contributed by atoms with Crippen LogP contribution < -0.4 is 0 Å². The van der Waals surface area contributed by atoms with Gasteiger partial charge in [0.2, 0.25) is 0 Å². The smallest absolute Gasteiger partial charge is 0.0938 e. The third-order valence-electron chi connectivity index (χ3n) is 3.91. The zero-order valence-electron chi connectivity index (χ0n) is 12.1. The Bertz CT molecular complexity index is 356. The van der Waals surface area contributed by atoms with Crippen molar-refractivity contribution >= 4 is 0 Å². The van der Waals surface area contributed by atoms with Gasteiger partial charge in [0, 0.05) is 13.0 Å². The van der Waals surface area contributed by atoms with Gasteiger partial charge in [-0.25, -0.2) is 0 Å². The number of hydrogen-bond donors (Lipinski definition) is 1. The van der Waals surface area contributed by atoms with E-state index in [-0.39, 0.29) is 0 Å². The van der Waals surface area contributed by atoms with Crippen LogP contribution in [-0.2, 0) is 11.2 Å². The number of aliphatic hydroxyl groups is 1. The highest BCUT2D eigenvalue weighted by molar-refractivity contribution is 5.26. The fourth-order valence-corrected chi connectivity index (χ4v) is 2.54. The second kappa shape index (κ2) is 6.91. The topological polar surface area (TPSA) is 29.5 Å². The molecule has 102 valence electrons. The summed E-state index contributed by atoms with van der Waals surface area (Å²) in [6.45, 7) is 8.88.